The van der Waals surface area contributed by atoms with Gasteiger partial charge in [-0.1, -0.05) is 18.2 Å². The fourth-order valence-corrected chi connectivity index (χ4v) is 3.73. The van der Waals surface area contributed by atoms with Crippen molar-refractivity contribution in [3.8, 4) is 0 Å². The molecule has 140 valence electrons. The third kappa shape index (κ3) is 3.38. The minimum atomic E-state index is -0.145. The van der Waals surface area contributed by atoms with Gasteiger partial charge in [0.15, 0.2) is 0 Å². The summed E-state index contributed by atoms with van der Waals surface area (Å²) >= 11 is 0. The van der Waals surface area contributed by atoms with E-state index in [1.807, 2.05) is 41.8 Å². The monoisotopic (exact) mass is 365 g/mol. The molecule has 0 spiro atoms. The summed E-state index contributed by atoms with van der Waals surface area (Å²) in [5, 5.41) is 11.8. The zero-order valence-electron chi connectivity index (χ0n) is 15.3. The lowest BCUT2D eigenvalue weighted by Gasteiger charge is -2.23. The largest absolute Gasteiger partial charge is 0.325 e. The number of nitrogens with zero attached hydrogens (tertiary/aromatic N) is 2. The predicted molar refractivity (Wildman–Crippen MR) is 106 cm³/mol. The molecule has 3 heterocycles. The van der Waals surface area contributed by atoms with Gasteiger partial charge in [0.1, 0.15) is 5.65 Å². The van der Waals surface area contributed by atoms with E-state index in [1.165, 1.54) is 0 Å². The third-order valence-corrected chi connectivity index (χ3v) is 5.03. The second-order valence-electron chi connectivity index (χ2n) is 6.86. The first-order valence-corrected chi connectivity index (χ1v) is 9.34. The number of aromatic amines is 1. The maximum absolute atomic E-state index is 12.4. The molecule has 7 heteroatoms. The van der Waals surface area contributed by atoms with Gasteiger partial charge in [0, 0.05) is 18.4 Å². The van der Waals surface area contributed by atoms with E-state index in [9.17, 15) is 9.59 Å². The Morgan fingerprint density at radius 1 is 1.37 bits per heavy atom. The van der Waals surface area contributed by atoms with E-state index in [-0.39, 0.29) is 17.4 Å². The standard InChI is InChI=1S/C20H23N5O2/c1-2-3-7-17(26)22-14-5-4-6-15-19(14)20-23-18(27)12-16(25(20)24-15)13-8-10-21-11-9-13/h2-6,12-13,21H,7-11H2,1H3,(H,22,26)(H,23,27)/b3-2+. The van der Waals surface area contributed by atoms with E-state index in [0.29, 0.717) is 17.8 Å². The average molecular weight is 365 g/mol. The van der Waals surface area contributed by atoms with Crippen LogP contribution in [0.15, 0.2) is 41.2 Å². The summed E-state index contributed by atoms with van der Waals surface area (Å²) in [6.45, 7) is 3.75. The predicted octanol–water partition coefficient (Wildman–Crippen LogP) is 2.55. The lowest BCUT2D eigenvalue weighted by atomic mass is 9.94. The van der Waals surface area contributed by atoms with Gasteiger partial charge in [-0.05, 0) is 45.0 Å². The maximum atomic E-state index is 12.4. The van der Waals surface area contributed by atoms with Gasteiger partial charge >= 0.3 is 0 Å². The van der Waals surface area contributed by atoms with Gasteiger partial charge in [-0.15, -0.1) is 0 Å². The van der Waals surface area contributed by atoms with Crippen LogP contribution in [0.1, 0.15) is 37.8 Å². The smallest absolute Gasteiger partial charge is 0.251 e. The fourth-order valence-electron chi connectivity index (χ4n) is 3.73. The Kier molecular flexibility index (Phi) is 4.77. The molecule has 2 aromatic heterocycles. The number of carbonyl (C=O) groups is 1. The molecule has 1 aliphatic rings. The summed E-state index contributed by atoms with van der Waals surface area (Å²) in [4.78, 5) is 27.5. The quantitative estimate of drug-likeness (QED) is 0.620. The Bertz CT molecular complexity index is 1070. The first-order valence-electron chi connectivity index (χ1n) is 9.34. The summed E-state index contributed by atoms with van der Waals surface area (Å²) in [6, 6.07) is 7.25. The molecular formula is C20H23N5O2. The van der Waals surface area contributed by atoms with Crippen LogP contribution in [0.2, 0.25) is 0 Å². The van der Waals surface area contributed by atoms with Crippen LogP contribution in [0.3, 0.4) is 0 Å². The zero-order valence-corrected chi connectivity index (χ0v) is 15.3. The number of carbonyl (C=O) groups excluding carboxylic acids is 1. The van der Waals surface area contributed by atoms with Gasteiger partial charge in [-0.25, -0.2) is 4.52 Å². The highest BCUT2D eigenvalue weighted by molar-refractivity contribution is 6.07. The van der Waals surface area contributed by atoms with Gasteiger partial charge in [-0.2, -0.15) is 5.10 Å². The van der Waals surface area contributed by atoms with Crippen LogP contribution in [-0.4, -0.2) is 33.6 Å². The number of piperidine rings is 1. The lowest BCUT2D eigenvalue weighted by molar-refractivity contribution is -0.115. The second-order valence-corrected chi connectivity index (χ2v) is 6.86. The van der Waals surface area contributed by atoms with Gasteiger partial charge < -0.3 is 15.6 Å². The minimum absolute atomic E-state index is 0.100. The number of H-pyrrole nitrogens is 1. The van der Waals surface area contributed by atoms with Gasteiger partial charge in [0.05, 0.1) is 22.3 Å². The normalized spacial score (nSPS) is 15.7. The first-order chi connectivity index (χ1) is 13.2. The number of nitrogens with one attached hydrogen (secondary N) is 3. The van der Waals surface area contributed by atoms with Crippen molar-refractivity contribution < 1.29 is 4.79 Å². The SMILES string of the molecule is C/C=C/CC(=O)Nc1cccc2nn3c(C4CCNCC4)cc(=O)[nH]c3c12. The van der Waals surface area contributed by atoms with Crippen LogP contribution in [0, 0.1) is 0 Å². The van der Waals surface area contributed by atoms with E-state index >= 15 is 0 Å². The molecule has 27 heavy (non-hydrogen) atoms. The van der Waals surface area contributed by atoms with E-state index in [4.69, 9.17) is 5.10 Å². The van der Waals surface area contributed by atoms with Crippen LogP contribution in [0.25, 0.3) is 16.6 Å². The average Bonchev–Trinajstić information content (AvgIpc) is 3.06. The number of fused-ring (bicyclic) bond motifs is 3. The van der Waals surface area contributed by atoms with Gasteiger partial charge in [-0.3, -0.25) is 9.59 Å². The van der Waals surface area contributed by atoms with Crippen LogP contribution in [0.4, 0.5) is 5.69 Å². The number of rotatable bonds is 4. The minimum Gasteiger partial charge on any atom is -0.325 e. The zero-order chi connectivity index (χ0) is 18.8. The number of amides is 1. The number of aromatic nitrogens is 3. The van der Waals surface area contributed by atoms with Crippen molar-refractivity contribution in [1.29, 1.82) is 0 Å². The molecule has 1 amide bonds. The Morgan fingerprint density at radius 2 is 2.19 bits per heavy atom. The Labute approximate surface area is 156 Å². The summed E-state index contributed by atoms with van der Waals surface area (Å²) in [6.07, 6.45) is 5.91. The molecule has 0 unspecified atom stereocenters. The number of benzene rings is 1. The summed E-state index contributed by atoms with van der Waals surface area (Å²) < 4.78 is 1.84. The summed E-state index contributed by atoms with van der Waals surface area (Å²) in [5.74, 6) is 0.190. The van der Waals surface area contributed by atoms with Crippen molar-refractivity contribution in [3.05, 3.63) is 52.5 Å². The highest BCUT2D eigenvalue weighted by Gasteiger charge is 2.21. The van der Waals surface area contributed by atoms with Crippen molar-refractivity contribution in [2.45, 2.75) is 32.1 Å². The number of allylic oxidation sites excluding steroid dienone is 1. The molecule has 3 aromatic rings. The van der Waals surface area contributed by atoms with Crippen molar-refractivity contribution >= 4 is 28.1 Å². The third-order valence-electron chi connectivity index (χ3n) is 5.03. The second kappa shape index (κ2) is 7.36. The molecule has 1 aliphatic heterocycles. The maximum Gasteiger partial charge on any atom is 0.251 e. The Hall–Kier alpha value is -2.93. The molecule has 0 radical (unpaired) electrons. The van der Waals surface area contributed by atoms with Crippen molar-refractivity contribution in [2.24, 2.45) is 0 Å². The highest BCUT2D eigenvalue weighted by Crippen LogP contribution is 2.30. The first kappa shape index (κ1) is 17.5. The number of hydrogen-bond donors (Lipinski definition) is 3. The molecule has 1 saturated heterocycles. The molecule has 3 N–H and O–H groups in total. The Morgan fingerprint density at radius 3 is 2.96 bits per heavy atom. The molecule has 0 bridgehead atoms. The van der Waals surface area contributed by atoms with E-state index in [1.54, 1.807) is 6.07 Å². The highest BCUT2D eigenvalue weighted by atomic mass is 16.1. The molecule has 1 aromatic carbocycles. The van der Waals surface area contributed by atoms with Gasteiger partial charge in [0.25, 0.3) is 5.56 Å². The molecule has 4 rings (SSSR count). The van der Waals surface area contributed by atoms with Crippen LogP contribution >= 0.6 is 0 Å². The molecule has 0 aliphatic carbocycles. The summed E-state index contributed by atoms with van der Waals surface area (Å²) in [7, 11) is 0. The molecule has 0 atom stereocenters. The lowest BCUT2D eigenvalue weighted by Crippen LogP contribution is -2.28. The van der Waals surface area contributed by atoms with Crippen molar-refractivity contribution in [1.82, 2.24) is 19.9 Å². The van der Waals surface area contributed by atoms with Crippen LogP contribution in [-0.2, 0) is 4.79 Å². The molecule has 0 saturated carbocycles. The fraction of sp³-hybridized carbons (Fsp3) is 0.350. The number of anilines is 1. The van der Waals surface area contributed by atoms with Crippen molar-refractivity contribution in [2.75, 3.05) is 18.4 Å². The van der Waals surface area contributed by atoms with E-state index in [2.05, 4.69) is 15.6 Å². The van der Waals surface area contributed by atoms with Crippen LogP contribution in [0.5, 0.6) is 0 Å². The molecule has 1 fully saturated rings. The summed E-state index contributed by atoms with van der Waals surface area (Å²) in [5.41, 5.74) is 2.82. The van der Waals surface area contributed by atoms with Crippen LogP contribution < -0.4 is 16.2 Å². The molecule has 7 nitrogen and oxygen atoms in total. The van der Waals surface area contributed by atoms with E-state index < -0.39 is 0 Å². The number of hydrogen-bond acceptors (Lipinski definition) is 4. The molecular weight excluding hydrogens is 342 g/mol. The topological polar surface area (TPSA) is 91.3 Å². The van der Waals surface area contributed by atoms with Crippen molar-refractivity contribution in [3.63, 3.8) is 0 Å². The Balaban J connectivity index is 1.85. The van der Waals surface area contributed by atoms with E-state index in [0.717, 1.165) is 42.5 Å². The van der Waals surface area contributed by atoms with Gasteiger partial charge in [0.2, 0.25) is 5.91 Å².